The van der Waals surface area contributed by atoms with Crippen LogP contribution in [0.4, 0.5) is 0 Å². The predicted molar refractivity (Wildman–Crippen MR) is 57.0 cm³/mol. The zero-order chi connectivity index (χ0) is 12.1. The van der Waals surface area contributed by atoms with Crippen molar-refractivity contribution < 1.29 is 19.8 Å². The summed E-state index contributed by atoms with van der Waals surface area (Å²) in [4.78, 5) is 21.6. The molecule has 0 spiro atoms. The van der Waals surface area contributed by atoms with Gasteiger partial charge in [0.25, 0.3) is 0 Å². The van der Waals surface area contributed by atoms with Crippen molar-refractivity contribution in [1.29, 1.82) is 0 Å². The van der Waals surface area contributed by atoms with Crippen LogP contribution >= 0.6 is 0 Å². The lowest BCUT2D eigenvalue weighted by molar-refractivity contribution is -0.141. The zero-order valence-corrected chi connectivity index (χ0v) is 8.54. The molecule has 86 valence electrons. The zero-order valence-electron chi connectivity index (χ0n) is 8.54. The van der Waals surface area contributed by atoms with Gasteiger partial charge in [-0.2, -0.15) is 0 Å². The molecule has 5 nitrogen and oxygen atoms in total. The van der Waals surface area contributed by atoms with Gasteiger partial charge in [-0.3, -0.25) is 9.59 Å². The number of nitrogens with two attached hydrogens (primary N) is 1. The molecule has 0 radical (unpaired) electrons. The average Bonchev–Trinajstić information content (AvgIpc) is 2.26. The third kappa shape index (κ3) is 3.06. The Bertz CT molecular complexity index is 377. The van der Waals surface area contributed by atoms with E-state index in [4.69, 9.17) is 15.9 Å². The Labute approximate surface area is 92.5 Å². The first-order valence-electron chi connectivity index (χ1n) is 4.78. The lowest BCUT2D eigenvalue weighted by Crippen LogP contribution is -2.33. The van der Waals surface area contributed by atoms with E-state index in [-0.39, 0.29) is 6.42 Å². The molecule has 0 aliphatic rings. The van der Waals surface area contributed by atoms with Gasteiger partial charge in [0.05, 0.1) is 5.92 Å². The first-order chi connectivity index (χ1) is 7.52. The van der Waals surface area contributed by atoms with Crippen LogP contribution in [0.15, 0.2) is 30.3 Å². The number of benzene rings is 1. The molecule has 0 saturated heterocycles. The summed E-state index contributed by atoms with van der Waals surface area (Å²) in [5.41, 5.74) is 5.89. The van der Waals surface area contributed by atoms with Gasteiger partial charge >= 0.3 is 11.9 Å². The van der Waals surface area contributed by atoms with Gasteiger partial charge in [0.1, 0.15) is 6.04 Å². The van der Waals surface area contributed by atoms with Gasteiger partial charge in [0.15, 0.2) is 0 Å². The highest BCUT2D eigenvalue weighted by Gasteiger charge is 2.25. The molecule has 0 aliphatic heterocycles. The Hall–Kier alpha value is -1.88. The van der Waals surface area contributed by atoms with Crippen LogP contribution in [-0.2, 0) is 9.59 Å². The predicted octanol–water partition coefficient (Wildman–Crippen LogP) is 0.657. The number of carbonyl (C=O) groups is 2. The maximum Gasteiger partial charge on any atom is 0.320 e. The van der Waals surface area contributed by atoms with Gasteiger partial charge in [-0.15, -0.1) is 0 Å². The van der Waals surface area contributed by atoms with E-state index in [9.17, 15) is 9.59 Å². The number of hydrogen-bond donors (Lipinski definition) is 3. The molecule has 0 unspecified atom stereocenters. The minimum atomic E-state index is -1.19. The smallest absolute Gasteiger partial charge is 0.320 e. The molecular weight excluding hydrogens is 210 g/mol. The van der Waals surface area contributed by atoms with Crippen LogP contribution < -0.4 is 5.73 Å². The molecule has 1 aromatic rings. The highest BCUT2D eigenvalue weighted by molar-refractivity contribution is 5.79. The lowest BCUT2D eigenvalue weighted by Gasteiger charge is -2.14. The van der Waals surface area contributed by atoms with Crippen molar-refractivity contribution in [2.45, 2.75) is 18.4 Å². The minimum absolute atomic E-state index is 0.116. The van der Waals surface area contributed by atoms with Crippen molar-refractivity contribution in [2.75, 3.05) is 0 Å². The van der Waals surface area contributed by atoms with Gasteiger partial charge in [0.2, 0.25) is 0 Å². The molecular formula is C11H13NO4. The van der Waals surface area contributed by atoms with E-state index in [0.717, 1.165) is 0 Å². The molecule has 16 heavy (non-hydrogen) atoms. The maximum atomic E-state index is 11.0. The highest BCUT2D eigenvalue weighted by atomic mass is 16.4. The summed E-state index contributed by atoms with van der Waals surface area (Å²) in [7, 11) is 0. The van der Waals surface area contributed by atoms with Crippen molar-refractivity contribution in [3.63, 3.8) is 0 Å². The van der Waals surface area contributed by atoms with Crippen LogP contribution in [0.3, 0.4) is 0 Å². The summed E-state index contributed by atoms with van der Waals surface area (Å²) < 4.78 is 0. The summed E-state index contributed by atoms with van der Waals surface area (Å²) in [6.07, 6.45) is -0.116. The minimum Gasteiger partial charge on any atom is -0.481 e. The second-order valence-corrected chi connectivity index (χ2v) is 3.48. The Morgan fingerprint density at radius 3 is 2.12 bits per heavy atom. The van der Waals surface area contributed by atoms with E-state index in [1.165, 1.54) is 0 Å². The molecule has 0 bridgehead atoms. The molecule has 1 aromatic carbocycles. The third-order valence-electron chi connectivity index (χ3n) is 2.31. The van der Waals surface area contributed by atoms with Crippen LogP contribution in [0, 0.1) is 0 Å². The Morgan fingerprint density at radius 1 is 1.12 bits per heavy atom. The van der Waals surface area contributed by atoms with Gasteiger partial charge in [-0.25, -0.2) is 0 Å². The van der Waals surface area contributed by atoms with Crippen molar-refractivity contribution in [1.82, 2.24) is 0 Å². The second kappa shape index (κ2) is 5.27. The van der Waals surface area contributed by atoms with Crippen LogP contribution in [0.2, 0.25) is 0 Å². The molecule has 5 heteroatoms. The number of carboxylic acid groups (broad SMARTS) is 2. The van der Waals surface area contributed by atoms with Gasteiger partial charge in [0, 0.05) is 0 Å². The van der Waals surface area contributed by atoms with Crippen molar-refractivity contribution >= 4 is 11.9 Å². The van der Waals surface area contributed by atoms with Gasteiger partial charge < -0.3 is 15.9 Å². The quantitative estimate of drug-likeness (QED) is 0.680. The molecule has 0 fully saturated rings. The van der Waals surface area contributed by atoms with Crippen molar-refractivity contribution in [3.8, 4) is 0 Å². The van der Waals surface area contributed by atoms with E-state index >= 15 is 0 Å². The normalized spacial score (nSPS) is 14.1. The fourth-order valence-electron chi connectivity index (χ4n) is 1.42. The highest BCUT2D eigenvalue weighted by Crippen LogP contribution is 2.20. The molecule has 0 heterocycles. The maximum absolute atomic E-state index is 11.0. The molecule has 2 atom stereocenters. The Morgan fingerprint density at radius 2 is 1.69 bits per heavy atom. The van der Waals surface area contributed by atoms with Crippen LogP contribution in [0.1, 0.15) is 17.9 Å². The summed E-state index contributed by atoms with van der Waals surface area (Å²) in [6, 6.07) is 7.30. The van der Waals surface area contributed by atoms with Crippen molar-refractivity contribution in [3.05, 3.63) is 35.9 Å². The van der Waals surface area contributed by atoms with E-state index in [1.54, 1.807) is 30.3 Å². The van der Waals surface area contributed by atoms with E-state index in [2.05, 4.69) is 0 Å². The molecule has 0 saturated carbocycles. The Kier molecular flexibility index (Phi) is 4.02. The third-order valence-corrected chi connectivity index (χ3v) is 2.31. The monoisotopic (exact) mass is 223 g/mol. The van der Waals surface area contributed by atoms with Gasteiger partial charge in [-0.05, 0) is 12.0 Å². The number of hydrogen-bond acceptors (Lipinski definition) is 3. The summed E-state index contributed by atoms with van der Waals surface area (Å²) >= 11 is 0. The SMILES string of the molecule is N[C@@H](C[C@H](C(=O)O)c1ccccc1)C(=O)O. The summed E-state index contributed by atoms with van der Waals surface area (Å²) in [5, 5.41) is 17.7. The summed E-state index contributed by atoms with van der Waals surface area (Å²) in [5.74, 6) is -3.14. The van der Waals surface area contributed by atoms with E-state index in [0.29, 0.717) is 5.56 Å². The van der Waals surface area contributed by atoms with E-state index in [1.807, 2.05) is 0 Å². The molecule has 0 aliphatic carbocycles. The van der Waals surface area contributed by atoms with Crippen LogP contribution in [0.25, 0.3) is 0 Å². The topological polar surface area (TPSA) is 101 Å². The number of rotatable bonds is 5. The largest absolute Gasteiger partial charge is 0.481 e. The first-order valence-corrected chi connectivity index (χ1v) is 4.78. The summed E-state index contributed by atoms with van der Waals surface area (Å²) in [6.45, 7) is 0. The molecule has 0 amide bonds. The van der Waals surface area contributed by atoms with Crippen LogP contribution in [0.5, 0.6) is 0 Å². The van der Waals surface area contributed by atoms with Crippen LogP contribution in [-0.4, -0.2) is 28.2 Å². The second-order valence-electron chi connectivity index (χ2n) is 3.48. The van der Waals surface area contributed by atoms with Gasteiger partial charge in [-0.1, -0.05) is 30.3 Å². The number of aliphatic carboxylic acids is 2. The standard InChI is InChI=1S/C11H13NO4/c12-9(11(15)16)6-8(10(13)14)7-4-2-1-3-5-7/h1-5,8-9H,6,12H2,(H,13,14)(H,15,16)/t8-,9-/m0/s1. The molecule has 4 N–H and O–H groups in total. The molecule has 1 rings (SSSR count). The lowest BCUT2D eigenvalue weighted by atomic mass is 9.92. The average molecular weight is 223 g/mol. The fraction of sp³-hybridized carbons (Fsp3) is 0.273. The van der Waals surface area contributed by atoms with E-state index < -0.39 is 23.9 Å². The molecule has 0 aromatic heterocycles. The number of carboxylic acids is 2. The fourth-order valence-corrected chi connectivity index (χ4v) is 1.42. The first kappa shape index (κ1) is 12.2. The van der Waals surface area contributed by atoms with Crippen molar-refractivity contribution in [2.24, 2.45) is 5.73 Å². The Balaban J connectivity index is 2.85.